The maximum atomic E-state index is 10.5. The van der Waals surface area contributed by atoms with Gasteiger partial charge in [-0.05, 0) is 59.3 Å². The van der Waals surface area contributed by atoms with Gasteiger partial charge in [0.15, 0.2) is 11.5 Å². The van der Waals surface area contributed by atoms with Gasteiger partial charge in [0.1, 0.15) is 23.2 Å². The minimum Gasteiger partial charge on any atom is -0.497 e. The van der Waals surface area contributed by atoms with Crippen molar-refractivity contribution in [1.29, 1.82) is 0 Å². The summed E-state index contributed by atoms with van der Waals surface area (Å²) in [6.45, 7) is 2.26. The number of rotatable bonds is 9. The number of hydrogen-bond donors (Lipinski definition) is 1. The maximum absolute atomic E-state index is 10.5. The minimum absolute atomic E-state index is 0.0592. The van der Waals surface area contributed by atoms with E-state index in [1.165, 1.54) is 5.56 Å². The first-order valence-corrected chi connectivity index (χ1v) is 13.7. The Bertz CT molecular complexity index is 1530. The number of aliphatic hydroxyl groups is 1. The first-order chi connectivity index (χ1) is 19.4. The highest BCUT2D eigenvalue weighted by atomic mass is 16.5. The number of pyridine rings is 1. The van der Waals surface area contributed by atoms with Crippen LogP contribution in [0.3, 0.4) is 0 Å². The normalized spacial score (nSPS) is 14.8. The molecule has 0 spiro atoms. The van der Waals surface area contributed by atoms with Gasteiger partial charge in [-0.2, -0.15) is 0 Å². The number of benzene rings is 3. The molecule has 0 amide bonds. The van der Waals surface area contributed by atoms with Crippen LogP contribution in [0.1, 0.15) is 24.9 Å². The fourth-order valence-corrected chi connectivity index (χ4v) is 6.08. The predicted molar refractivity (Wildman–Crippen MR) is 159 cm³/mol. The summed E-state index contributed by atoms with van der Waals surface area (Å²) in [5, 5.41) is 12.6. The van der Waals surface area contributed by atoms with E-state index < -0.39 is 0 Å². The van der Waals surface area contributed by atoms with Crippen molar-refractivity contribution in [2.45, 2.75) is 25.8 Å². The number of fused-ring (bicyclic) bond motifs is 4. The molecule has 40 heavy (non-hydrogen) atoms. The molecule has 5 rings (SSSR count). The molecule has 7 nitrogen and oxygen atoms in total. The Kier molecular flexibility index (Phi) is 7.76. The number of anilines is 1. The summed E-state index contributed by atoms with van der Waals surface area (Å²) < 4.78 is 25.1. The quantitative estimate of drug-likeness (QED) is 0.274. The van der Waals surface area contributed by atoms with Crippen molar-refractivity contribution in [2.24, 2.45) is 5.92 Å². The molecule has 1 aliphatic rings. The van der Waals surface area contributed by atoms with Gasteiger partial charge in [0.2, 0.25) is 0 Å². The minimum atomic E-state index is 0.0592. The molecule has 0 radical (unpaired) electrons. The van der Waals surface area contributed by atoms with E-state index >= 15 is 0 Å². The highest BCUT2D eigenvalue weighted by molar-refractivity contribution is 5.96. The molecule has 1 aliphatic heterocycles. The maximum Gasteiger partial charge on any atom is 0.284 e. The average Bonchev–Trinajstić information content (AvgIpc) is 2.99. The number of methoxy groups -OCH3 is 4. The predicted octanol–water partition coefficient (Wildman–Crippen LogP) is 5.68. The van der Waals surface area contributed by atoms with E-state index in [-0.39, 0.29) is 18.6 Å². The second kappa shape index (κ2) is 11.3. The van der Waals surface area contributed by atoms with Crippen LogP contribution in [0.4, 0.5) is 5.82 Å². The summed E-state index contributed by atoms with van der Waals surface area (Å²) in [6.07, 6.45) is 1.64. The number of ether oxygens (including phenoxy) is 4. The fraction of sp³-hybridized carbons (Fsp3) is 0.364. The molecule has 4 aromatic rings. The van der Waals surface area contributed by atoms with Gasteiger partial charge in [0.05, 0.1) is 47.9 Å². The standard InChI is InChI=1S/C33H39N2O5/c1-8-20(19-36)28-13-22-15-30(38-5)26(21-9-11-24(37-4)12-10-21)17-25(22)29-14-23-16-31(39-6)32(40-7)18-27(23)33(34(2)3)35(28)29/h9-12,14-18,20,28,36H,8,13,19H2,1-7H3/q+1. The van der Waals surface area contributed by atoms with Gasteiger partial charge in [-0.1, -0.05) is 19.1 Å². The van der Waals surface area contributed by atoms with Gasteiger partial charge in [0, 0.05) is 36.1 Å². The molecule has 210 valence electrons. The third-order valence-corrected chi connectivity index (χ3v) is 8.17. The molecule has 3 aromatic carbocycles. The first kappa shape index (κ1) is 27.6. The van der Waals surface area contributed by atoms with E-state index in [0.717, 1.165) is 63.3 Å². The van der Waals surface area contributed by atoms with E-state index in [2.05, 4.69) is 66.9 Å². The molecule has 0 saturated carbocycles. The molecular weight excluding hydrogens is 504 g/mol. The Morgan fingerprint density at radius 3 is 2.10 bits per heavy atom. The topological polar surface area (TPSA) is 64.3 Å². The highest BCUT2D eigenvalue weighted by Crippen LogP contribution is 2.45. The van der Waals surface area contributed by atoms with Gasteiger partial charge >= 0.3 is 0 Å². The van der Waals surface area contributed by atoms with Crippen molar-refractivity contribution in [3.8, 4) is 45.4 Å². The Morgan fingerprint density at radius 1 is 0.850 bits per heavy atom. The van der Waals surface area contributed by atoms with E-state index in [0.29, 0.717) is 11.5 Å². The lowest BCUT2D eigenvalue weighted by Gasteiger charge is -2.33. The van der Waals surface area contributed by atoms with E-state index in [4.69, 9.17) is 18.9 Å². The van der Waals surface area contributed by atoms with Crippen LogP contribution in [0.25, 0.3) is 33.2 Å². The molecule has 2 atom stereocenters. The van der Waals surface area contributed by atoms with Gasteiger partial charge in [-0.25, -0.2) is 4.57 Å². The summed E-state index contributed by atoms with van der Waals surface area (Å²) in [6, 6.07) is 18.9. The lowest BCUT2D eigenvalue weighted by atomic mass is 9.83. The second-order valence-corrected chi connectivity index (χ2v) is 10.5. The number of aliphatic hydroxyl groups excluding tert-OH is 1. The Balaban J connectivity index is 1.86. The lowest BCUT2D eigenvalue weighted by Crippen LogP contribution is -2.52. The van der Waals surface area contributed by atoms with Crippen molar-refractivity contribution in [2.75, 3.05) is 54.0 Å². The van der Waals surface area contributed by atoms with Crippen molar-refractivity contribution in [1.82, 2.24) is 0 Å². The Morgan fingerprint density at radius 2 is 1.52 bits per heavy atom. The summed E-state index contributed by atoms with van der Waals surface area (Å²) in [5.41, 5.74) is 5.52. The zero-order valence-electron chi connectivity index (χ0n) is 24.4. The largest absolute Gasteiger partial charge is 0.497 e. The van der Waals surface area contributed by atoms with Crippen molar-refractivity contribution >= 4 is 16.6 Å². The first-order valence-electron chi connectivity index (χ1n) is 13.7. The van der Waals surface area contributed by atoms with Crippen LogP contribution < -0.4 is 28.4 Å². The molecule has 2 unspecified atom stereocenters. The molecule has 1 aromatic heterocycles. The second-order valence-electron chi connectivity index (χ2n) is 10.5. The van der Waals surface area contributed by atoms with E-state index in [1.807, 2.05) is 18.2 Å². The van der Waals surface area contributed by atoms with Crippen LogP contribution in [0.5, 0.6) is 23.0 Å². The van der Waals surface area contributed by atoms with Crippen molar-refractivity contribution in [3.63, 3.8) is 0 Å². The molecule has 0 saturated heterocycles. The smallest absolute Gasteiger partial charge is 0.284 e. The monoisotopic (exact) mass is 543 g/mol. The summed E-state index contributed by atoms with van der Waals surface area (Å²) in [7, 11) is 10.9. The number of hydrogen-bond acceptors (Lipinski definition) is 6. The van der Waals surface area contributed by atoms with E-state index in [1.54, 1.807) is 28.4 Å². The fourth-order valence-electron chi connectivity index (χ4n) is 6.08. The van der Waals surface area contributed by atoms with Crippen LogP contribution in [0.15, 0.2) is 54.6 Å². The van der Waals surface area contributed by atoms with Crippen LogP contribution in [0.2, 0.25) is 0 Å². The number of aromatic nitrogens is 1. The van der Waals surface area contributed by atoms with Crippen LogP contribution in [-0.2, 0) is 6.42 Å². The summed E-state index contributed by atoms with van der Waals surface area (Å²) in [4.78, 5) is 2.16. The zero-order chi connectivity index (χ0) is 28.6. The molecule has 0 bridgehead atoms. The molecule has 7 heteroatoms. The van der Waals surface area contributed by atoms with Gasteiger partial charge < -0.3 is 24.1 Å². The van der Waals surface area contributed by atoms with Crippen molar-refractivity contribution in [3.05, 3.63) is 60.2 Å². The van der Waals surface area contributed by atoms with Gasteiger partial charge in [-0.3, -0.25) is 4.90 Å². The third kappa shape index (κ3) is 4.58. The van der Waals surface area contributed by atoms with Crippen molar-refractivity contribution < 1.29 is 28.6 Å². The SMILES string of the molecule is CCC(CO)C1Cc2cc(OC)c(-c3ccc(OC)cc3)cc2-c2cc3cc(OC)c(OC)cc3c(N(C)C)[n+]21. The molecule has 2 heterocycles. The van der Waals surface area contributed by atoms with E-state index in [9.17, 15) is 5.11 Å². The van der Waals surface area contributed by atoms with Gasteiger partial charge in [0.25, 0.3) is 5.82 Å². The van der Waals surface area contributed by atoms with Crippen LogP contribution in [0, 0.1) is 5.92 Å². The lowest BCUT2D eigenvalue weighted by molar-refractivity contribution is -0.709. The summed E-state index contributed by atoms with van der Waals surface area (Å²) >= 11 is 0. The molecule has 1 N–H and O–H groups in total. The highest BCUT2D eigenvalue weighted by Gasteiger charge is 2.38. The van der Waals surface area contributed by atoms with Crippen LogP contribution >= 0.6 is 0 Å². The van der Waals surface area contributed by atoms with Crippen LogP contribution in [-0.4, -0.2) is 54.2 Å². The number of nitrogens with zero attached hydrogens (tertiary/aromatic N) is 2. The zero-order valence-corrected chi connectivity index (χ0v) is 24.4. The molecule has 0 fully saturated rings. The Labute approximate surface area is 236 Å². The Hall–Kier alpha value is -3.97. The third-order valence-electron chi connectivity index (χ3n) is 8.17. The van der Waals surface area contributed by atoms with Gasteiger partial charge in [-0.15, -0.1) is 0 Å². The summed E-state index contributed by atoms with van der Waals surface area (Å²) in [5.74, 6) is 4.16. The molecule has 0 aliphatic carbocycles. The molecular formula is C33H39N2O5+. The average molecular weight is 544 g/mol.